The molecule has 2 rings (SSSR count). The molecule has 0 heterocycles. The van der Waals surface area contributed by atoms with E-state index in [2.05, 4.69) is 34.7 Å². The number of nitrogens with zero attached hydrogens (tertiary/aromatic N) is 1. The smallest absolute Gasteiger partial charge is 0.192 e. The SMILES string of the molecule is CCNC(=NCc1cc(OC)ccc1O)NC(C)c1ccccc1.I. The average molecular weight is 455 g/mol. The molecule has 0 aliphatic heterocycles. The van der Waals surface area contributed by atoms with Crippen LogP contribution >= 0.6 is 24.0 Å². The van der Waals surface area contributed by atoms with Crippen LogP contribution in [0.2, 0.25) is 0 Å². The summed E-state index contributed by atoms with van der Waals surface area (Å²) in [5.41, 5.74) is 1.91. The third-order valence-corrected chi connectivity index (χ3v) is 3.69. The first-order chi connectivity index (χ1) is 11.6. The van der Waals surface area contributed by atoms with Gasteiger partial charge in [-0.15, -0.1) is 24.0 Å². The van der Waals surface area contributed by atoms with Gasteiger partial charge in [-0.1, -0.05) is 30.3 Å². The van der Waals surface area contributed by atoms with Gasteiger partial charge in [-0.25, -0.2) is 4.99 Å². The number of ether oxygens (including phenoxy) is 1. The van der Waals surface area contributed by atoms with Crippen molar-refractivity contribution in [3.63, 3.8) is 0 Å². The molecular weight excluding hydrogens is 429 g/mol. The molecule has 0 aliphatic rings. The van der Waals surface area contributed by atoms with Crippen LogP contribution in [0.15, 0.2) is 53.5 Å². The Morgan fingerprint density at radius 2 is 1.92 bits per heavy atom. The highest BCUT2D eigenvalue weighted by atomic mass is 127. The summed E-state index contributed by atoms with van der Waals surface area (Å²) in [6.45, 7) is 5.23. The second-order valence-corrected chi connectivity index (χ2v) is 5.47. The van der Waals surface area contributed by atoms with E-state index in [0.717, 1.165) is 12.1 Å². The number of hydrogen-bond acceptors (Lipinski definition) is 3. The van der Waals surface area contributed by atoms with Crippen molar-refractivity contribution in [1.29, 1.82) is 0 Å². The third-order valence-electron chi connectivity index (χ3n) is 3.69. The zero-order valence-electron chi connectivity index (χ0n) is 14.8. The van der Waals surface area contributed by atoms with Gasteiger partial charge in [0.1, 0.15) is 11.5 Å². The standard InChI is InChI=1S/C19H25N3O2.HI/c1-4-20-19(22-14(2)15-8-6-5-7-9-15)21-13-16-12-17(24-3)10-11-18(16)23;/h5-12,14,23H,4,13H2,1-3H3,(H2,20,21,22);1H. The second kappa shape index (κ2) is 10.8. The lowest BCUT2D eigenvalue weighted by molar-refractivity contribution is 0.411. The number of hydrogen-bond donors (Lipinski definition) is 3. The number of phenolic OH excluding ortho intramolecular Hbond substituents is 1. The predicted molar refractivity (Wildman–Crippen MR) is 113 cm³/mol. The monoisotopic (exact) mass is 455 g/mol. The van der Waals surface area contributed by atoms with Crippen molar-refractivity contribution in [2.45, 2.75) is 26.4 Å². The van der Waals surface area contributed by atoms with Crippen LogP contribution in [0.3, 0.4) is 0 Å². The number of halogens is 1. The topological polar surface area (TPSA) is 65.9 Å². The summed E-state index contributed by atoms with van der Waals surface area (Å²) >= 11 is 0. The first kappa shape index (κ1) is 21.1. The van der Waals surface area contributed by atoms with Crippen LogP contribution in [0.5, 0.6) is 11.5 Å². The number of nitrogens with one attached hydrogen (secondary N) is 2. The summed E-state index contributed by atoms with van der Waals surface area (Å²) in [7, 11) is 1.60. The lowest BCUT2D eigenvalue weighted by Gasteiger charge is -2.18. The van der Waals surface area contributed by atoms with E-state index in [1.54, 1.807) is 25.3 Å². The van der Waals surface area contributed by atoms with E-state index in [1.165, 1.54) is 5.56 Å². The van der Waals surface area contributed by atoms with Crippen LogP contribution in [0.4, 0.5) is 0 Å². The lowest BCUT2D eigenvalue weighted by atomic mass is 10.1. The largest absolute Gasteiger partial charge is 0.508 e. The zero-order valence-corrected chi connectivity index (χ0v) is 17.2. The molecule has 0 saturated carbocycles. The van der Waals surface area contributed by atoms with Crippen molar-refractivity contribution in [2.24, 2.45) is 4.99 Å². The van der Waals surface area contributed by atoms with Gasteiger partial charge in [0.2, 0.25) is 0 Å². The molecule has 0 amide bonds. The first-order valence-electron chi connectivity index (χ1n) is 8.09. The summed E-state index contributed by atoms with van der Waals surface area (Å²) in [4.78, 5) is 4.56. The van der Waals surface area contributed by atoms with Crippen LogP contribution in [0.1, 0.15) is 31.0 Å². The fourth-order valence-corrected chi connectivity index (χ4v) is 2.33. The molecule has 0 bridgehead atoms. The Bertz CT molecular complexity index is 678. The molecule has 2 aromatic rings. The summed E-state index contributed by atoms with van der Waals surface area (Å²) in [5, 5.41) is 16.6. The van der Waals surface area contributed by atoms with Crippen molar-refractivity contribution < 1.29 is 9.84 Å². The van der Waals surface area contributed by atoms with E-state index < -0.39 is 0 Å². The van der Waals surface area contributed by atoms with Crippen molar-refractivity contribution in [3.05, 3.63) is 59.7 Å². The second-order valence-electron chi connectivity index (χ2n) is 5.47. The maximum atomic E-state index is 9.97. The van der Waals surface area contributed by atoms with Crippen LogP contribution in [-0.4, -0.2) is 24.7 Å². The molecule has 0 aromatic heterocycles. The Labute approximate surface area is 166 Å². The van der Waals surface area contributed by atoms with E-state index >= 15 is 0 Å². The van der Waals surface area contributed by atoms with Gasteiger partial charge in [0, 0.05) is 12.1 Å². The third kappa shape index (κ3) is 6.45. The number of benzene rings is 2. The fraction of sp³-hybridized carbons (Fsp3) is 0.316. The molecular formula is C19H26IN3O2. The molecule has 3 N–H and O–H groups in total. The minimum absolute atomic E-state index is 0. The summed E-state index contributed by atoms with van der Waals surface area (Å²) in [6, 6.07) is 15.5. The van der Waals surface area contributed by atoms with Gasteiger partial charge in [-0.3, -0.25) is 0 Å². The highest BCUT2D eigenvalue weighted by molar-refractivity contribution is 14.0. The van der Waals surface area contributed by atoms with Gasteiger partial charge in [0.15, 0.2) is 5.96 Å². The van der Waals surface area contributed by atoms with Gasteiger partial charge >= 0.3 is 0 Å². The van der Waals surface area contributed by atoms with E-state index in [4.69, 9.17) is 4.74 Å². The molecule has 6 heteroatoms. The average Bonchev–Trinajstić information content (AvgIpc) is 2.61. The van der Waals surface area contributed by atoms with Gasteiger partial charge in [-0.05, 0) is 37.6 Å². The molecule has 0 spiro atoms. The summed E-state index contributed by atoms with van der Waals surface area (Å²) < 4.78 is 5.20. The Morgan fingerprint density at radius 3 is 2.56 bits per heavy atom. The molecule has 5 nitrogen and oxygen atoms in total. The normalized spacial score (nSPS) is 12.0. The van der Waals surface area contributed by atoms with E-state index in [-0.39, 0.29) is 35.8 Å². The van der Waals surface area contributed by atoms with Gasteiger partial charge < -0.3 is 20.5 Å². The molecule has 1 atom stereocenters. The fourth-order valence-electron chi connectivity index (χ4n) is 2.33. The van der Waals surface area contributed by atoms with Crippen LogP contribution < -0.4 is 15.4 Å². The number of guanidine groups is 1. The number of methoxy groups -OCH3 is 1. The molecule has 136 valence electrons. The van der Waals surface area contributed by atoms with Crippen LogP contribution in [-0.2, 0) is 6.54 Å². The molecule has 2 aromatic carbocycles. The number of rotatable bonds is 6. The zero-order chi connectivity index (χ0) is 17.4. The van der Waals surface area contributed by atoms with Crippen molar-refractivity contribution in [2.75, 3.05) is 13.7 Å². The minimum atomic E-state index is 0. The van der Waals surface area contributed by atoms with Gasteiger partial charge in [0.25, 0.3) is 0 Å². The Balaban J connectivity index is 0.00000312. The number of phenols is 1. The van der Waals surface area contributed by atoms with Gasteiger partial charge in [-0.2, -0.15) is 0 Å². The van der Waals surface area contributed by atoms with Crippen molar-refractivity contribution in [1.82, 2.24) is 10.6 Å². The maximum absolute atomic E-state index is 9.97. The van der Waals surface area contributed by atoms with Gasteiger partial charge in [0.05, 0.1) is 19.7 Å². The Kier molecular flexibility index (Phi) is 9.12. The molecule has 0 saturated heterocycles. The highest BCUT2D eigenvalue weighted by Crippen LogP contribution is 2.23. The Hall–Kier alpha value is -1.96. The lowest BCUT2D eigenvalue weighted by Crippen LogP contribution is -2.38. The number of aliphatic imine (C=N–C) groups is 1. The quantitative estimate of drug-likeness (QED) is 0.352. The van der Waals surface area contributed by atoms with Crippen LogP contribution in [0.25, 0.3) is 0 Å². The molecule has 25 heavy (non-hydrogen) atoms. The van der Waals surface area contributed by atoms with Crippen LogP contribution in [0, 0.1) is 0 Å². The summed E-state index contributed by atoms with van der Waals surface area (Å²) in [5.74, 6) is 1.62. The predicted octanol–water partition coefficient (Wildman–Crippen LogP) is 3.84. The maximum Gasteiger partial charge on any atom is 0.192 e. The molecule has 0 radical (unpaired) electrons. The first-order valence-corrected chi connectivity index (χ1v) is 8.09. The molecule has 0 fully saturated rings. The van der Waals surface area contributed by atoms with E-state index in [0.29, 0.717) is 18.3 Å². The minimum Gasteiger partial charge on any atom is -0.508 e. The van der Waals surface area contributed by atoms with Crippen molar-refractivity contribution in [3.8, 4) is 11.5 Å². The molecule has 1 unspecified atom stereocenters. The van der Waals surface area contributed by atoms with E-state index in [9.17, 15) is 5.11 Å². The van der Waals surface area contributed by atoms with Crippen molar-refractivity contribution >= 4 is 29.9 Å². The number of aromatic hydroxyl groups is 1. The molecule has 0 aliphatic carbocycles. The Morgan fingerprint density at radius 1 is 1.20 bits per heavy atom. The summed E-state index contributed by atoms with van der Waals surface area (Å²) in [6.07, 6.45) is 0. The van der Waals surface area contributed by atoms with E-state index in [1.807, 2.05) is 25.1 Å². The highest BCUT2D eigenvalue weighted by Gasteiger charge is 2.08.